The Labute approximate surface area is 105 Å². The topological polar surface area (TPSA) is 58.7 Å². The highest BCUT2D eigenvalue weighted by Crippen LogP contribution is 2.23. The molecular weight excluding hydrogens is 216 g/mol. The number of nitrogens with zero attached hydrogens (tertiary/aromatic N) is 1. The van der Waals surface area contributed by atoms with Crippen molar-refractivity contribution in [2.45, 2.75) is 51.8 Å². The zero-order valence-electron chi connectivity index (χ0n) is 11.6. The standard InChI is InChI=1S/C13H28N2O2/c1-13(2,3)12(14)11(9-16)15(4)8-10-6-5-7-17-10/h10-12,16H,5-9,14H2,1-4H3. The molecule has 4 nitrogen and oxygen atoms in total. The van der Waals surface area contributed by atoms with Crippen LogP contribution >= 0.6 is 0 Å². The van der Waals surface area contributed by atoms with E-state index in [4.69, 9.17) is 10.5 Å². The predicted octanol–water partition coefficient (Wildman–Crippen LogP) is 0.832. The van der Waals surface area contributed by atoms with Crippen LogP contribution in [-0.4, -0.2) is 55.0 Å². The SMILES string of the molecule is CN(CC1CCCO1)C(CO)C(N)C(C)(C)C. The minimum absolute atomic E-state index is 0.000741. The van der Waals surface area contributed by atoms with Crippen molar-refractivity contribution in [1.29, 1.82) is 0 Å². The van der Waals surface area contributed by atoms with Crippen molar-refractivity contribution < 1.29 is 9.84 Å². The van der Waals surface area contributed by atoms with Gasteiger partial charge in [0.25, 0.3) is 0 Å². The minimum Gasteiger partial charge on any atom is -0.395 e. The number of aliphatic hydroxyl groups excluding tert-OH is 1. The minimum atomic E-state index is -0.0427. The van der Waals surface area contributed by atoms with Crippen LogP contribution in [0.15, 0.2) is 0 Å². The van der Waals surface area contributed by atoms with Crippen LogP contribution < -0.4 is 5.73 Å². The maximum atomic E-state index is 9.54. The van der Waals surface area contributed by atoms with E-state index in [1.54, 1.807) is 0 Å². The molecule has 3 N–H and O–H groups in total. The Bertz CT molecular complexity index is 222. The van der Waals surface area contributed by atoms with Gasteiger partial charge in [0.1, 0.15) is 0 Å². The number of aliphatic hydroxyl groups is 1. The Morgan fingerprint density at radius 3 is 2.53 bits per heavy atom. The summed E-state index contributed by atoms with van der Waals surface area (Å²) in [6.07, 6.45) is 2.57. The van der Waals surface area contributed by atoms with Crippen LogP contribution in [0.25, 0.3) is 0 Å². The lowest BCUT2D eigenvalue weighted by molar-refractivity contribution is 0.0345. The van der Waals surface area contributed by atoms with Gasteiger partial charge in [0, 0.05) is 25.2 Å². The van der Waals surface area contributed by atoms with E-state index in [2.05, 4.69) is 25.7 Å². The first kappa shape index (κ1) is 14.9. The van der Waals surface area contributed by atoms with Gasteiger partial charge in [-0.2, -0.15) is 0 Å². The molecule has 1 aliphatic rings. The van der Waals surface area contributed by atoms with E-state index >= 15 is 0 Å². The van der Waals surface area contributed by atoms with Crippen LogP contribution in [0.5, 0.6) is 0 Å². The van der Waals surface area contributed by atoms with E-state index < -0.39 is 0 Å². The molecule has 0 saturated carbocycles. The van der Waals surface area contributed by atoms with Gasteiger partial charge in [-0.3, -0.25) is 4.90 Å². The summed E-state index contributed by atoms with van der Waals surface area (Å²) in [5, 5.41) is 9.54. The maximum absolute atomic E-state index is 9.54. The van der Waals surface area contributed by atoms with Crippen molar-refractivity contribution in [1.82, 2.24) is 4.90 Å². The van der Waals surface area contributed by atoms with Crippen LogP contribution in [0.3, 0.4) is 0 Å². The molecule has 4 heteroatoms. The summed E-state index contributed by atoms with van der Waals surface area (Å²) in [7, 11) is 2.02. The fourth-order valence-corrected chi connectivity index (χ4v) is 2.35. The Morgan fingerprint density at radius 1 is 1.47 bits per heavy atom. The van der Waals surface area contributed by atoms with Gasteiger partial charge >= 0.3 is 0 Å². The first-order valence-electron chi connectivity index (χ1n) is 6.54. The van der Waals surface area contributed by atoms with Gasteiger partial charge in [-0.05, 0) is 25.3 Å². The number of hydrogen-bond acceptors (Lipinski definition) is 4. The number of rotatable bonds is 5. The summed E-state index contributed by atoms with van der Waals surface area (Å²) in [6.45, 7) is 8.16. The molecule has 3 atom stereocenters. The molecule has 17 heavy (non-hydrogen) atoms. The highest BCUT2D eigenvalue weighted by Gasteiger charge is 2.32. The van der Waals surface area contributed by atoms with Crippen LogP contribution in [0, 0.1) is 5.41 Å². The quantitative estimate of drug-likeness (QED) is 0.752. The third kappa shape index (κ3) is 4.21. The van der Waals surface area contributed by atoms with E-state index in [-0.39, 0.29) is 24.1 Å². The van der Waals surface area contributed by atoms with Crippen molar-refractivity contribution in [3.8, 4) is 0 Å². The summed E-state index contributed by atoms with van der Waals surface area (Å²) in [5.74, 6) is 0. The fraction of sp³-hybridized carbons (Fsp3) is 1.00. The van der Waals surface area contributed by atoms with E-state index in [9.17, 15) is 5.11 Å². The average Bonchev–Trinajstić information content (AvgIpc) is 2.70. The van der Waals surface area contributed by atoms with Gasteiger partial charge < -0.3 is 15.6 Å². The second kappa shape index (κ2) is 6.14. The molecule has 0 aliphatic carbocycles. The molecule has 3 unspecified atom stereocenters. The van der Waals surface area contributed by atoms with E-state index in [0.29, 0.717) is 6.10 Å². The van der Waals surface area contributed by atoms with Crippen molar-refractivity contribution in [3.05, 3.63) is 0 Å². The molecule has 0 aromatic heterocycles. The van der Waals surface area contributed by atoms with Crippen molar-refractivity contribution in [2.75, 3.05) is 26.8 Å². The van der Waals surface area contributed by atoms with Gasteiger partial charge in [-0.1, -0.05) is 20.8 Å². The summed E-state index contributed by atoms with van der Waals surface area (Å²) < 4.78 is 5.62. The van der Waals surface area contributed by atoms with Crippen LogP contribution in [0.4, 0.5) is 0 Å². The van der Waals surface area contributed by atoms with Gasteiger partial charge in [-0.25, -0.2) is 0 Å². The van der Waals surface area contributed by atoms with Gasteiger partial charge in [-0.15, -0.1) is 0 Å². The van der Waals surface area contributed by atoms with Crippen molar-refractivity contribution in [2.24, 2.45) is 11.1 Å². The molecule has 0 radical (unpaired) electrons. The number of ether oxygens (including phenoxy) is 1. The maximum Gasteiger partial charge on any atom is 0.0702 e. The lowest BCUT2D eigenvalue weighted by atomic mass is 9.82. The van der Waals surface area contributed by atoms with E-state index in [1.807, 2.05) is 7.05 Å². The zero-order chi connectivity index (χ0) is 13.1. The molecule has 102 valence electrons. The lowest BCUT2D eigenvalue weighted by Crippen LogP contribution is -2.55. The predicted molar refractivity (Wildman–Crippen MR) is 69.9 cm³/mol. The summed E-state index contributed by atoms with van der Waals surface area (Å²) >= 11 is 0. The van der Waals surface area contributed by atoms with Gasteiger partial charge in [0.15, 0.2) is 0 Å². The first-order valence-corrected chi connectivity index (χ1v) is 6.54. The average molecular weight is 244 g/mol. The Morgan fingerprint density at radius 2 is 2.12 bits per heavy atom. The summed E-state index contributed by atoms with van der Waals surface area (Å²) in [4.78, 5) is 2.14. The number of nitrogens with two attached hydrogens (primary N) is 1. The largest absolute Gasteiger partial charge is 0.395 e. The molecule has 0 amide bonds. The highest BCUT2D eigenvalue weighted by atomic mass is 16.5. The third-order valence-corrected chi connectivity index (χ3v) is 3.68. The lowest BCUT2D eigenvalue weighted by Gasteiger charge is -2.39. The number of likely N-dealkylation sites (N-methyl/N-ethyl adjacent to an activating group) is 1. The normalized spacial score (nSPS) is 25.2. The summed E-state index contributed by atoms with van der Waals surface area (Å²) in [6, 6.07) is -0.0434. The highest BCUT2D eigenvalue weighted by molar-refractivity contribution is 4.89. The monoisotopic (exact) mass is 244 g/mol. The second-order valence-electron chi connectivity index (χ2n) is 6.22. The Hall–Kier alpha value is -0.160. The van der Waals surface area contributed by atoms with Gasteiger partial charge in [0.05, 0.1) is 12.7 Å². The molecule has 0 aromatic rings. The van der Waals surface area contributed by atoms with Crippen LogP contribution in [0.1, 0.15) is 33.6 Å². The van der Waals surface area contributed by atoms with Crippen LogP contribution in [-0.2, 0) is 4.74 Å². The smallest absolute Gasteiger partial charge is 0.0702 e. The third-order valence-electron chi connectivity index (χ3n) is 3.68. The molecule has 1 heterocycles. The molecule has 1 saturated heterocycles. The molecule has 0 bridgehead atoms. The Balaban J connectivity index is 2.53. The van der Waals surface area contributed by atoms with E-state index in [1.165, 1.54) is 0 Å². The van der Waals surface area contributed by atoms with Crippen molar-refractivity contribution >= 4 is 0 Å². The molecule has 0 spiro atoms. The molecule has 1 aliphatic heterocycles. The summed E-state index contributed by atoms with van der Waals surface area (Å²) in [5.41, 5.74) is 6.24. The molecule has 0 aromatic carbocycles. The second-order valence-corrected chi connectivity index (χ2v) is 6.22. The number of hydrogen-bond donors (Lipinski definition) is 2. The van der Waals surface area contributed by atoms with Crippen molar-refractivity contribution in [3.63, 3.8) is 0 Å². The van der Waals surface area contributed by atoms with Crippen LogP contribution in [0.2, 0.25) is 0 Å². The zero-order valence-corrected chi connectivity index (χ0v) is 11.6. The Kier molecular flexibility index (Phi) is 5.38. The first-order chi connectivity index (χ1) is 7.86. The van der Waals surface area contributed by atoms with Gasteiger partial charge in [0.2, 0.25) is 0 Å². The fourth-order valence-electron chi connectivity index (χ4n) is 2.35. The molecular formula is C13H28N2O2. The molecule has 1 rings (SSSR count). The molecule has 1 fully saturated rings. The van der Waals surface area contributed by atoms with E-state index in [0.717, 1.165) is 26.0 Å².